The van der Waals surface area contributed by atoms with Crippen LogP contribution >= 0.6 is 0 Å². The van der Waals surface area contributed by atoms with Gasteiger partial charge >= 0.3 is 0 Å². The number of benzene rings is 2. The lowest BCUT2D eigenvalue weighted by Gasteiger charge is -2.11. The first kappa shape index (κ1) is 9.90. The van der Waals surface area contributed by atoms with Crippen LogP contribution in [0.3, 0.4) is 0 Å². The van der Waals surface area contributed by atoms with E-state index in [1.54, 1.807) is 0 Å². The van der Waals surface area contributed by atoms with Crippen LogP contribution < -0.4 is 10.7 Å². The lowest BCUT2D eigenvalue weighted by atomic mass is 10.1. The SMILES string of the molecule is c1ccc(C2=NNC(c3ccccc3)N2)cc1. The second-order valence-corrected chi connectivity index (χ2v) is 3.94. The summed E-state index contributed by atoms with van der Waals surface area (Å²) in [5, 5.41) is 7.68. The molecule has 1 atom stereocenters. The first-order valence-corrected chi connectivity index (χ1v) is 5.63. The summed E-state index contributed by atoms with van der Waals surface area (Å²) >= 11 is 0. The normalized spacial score (nSPS) is 18.1. The average Bonchev–Trinajstić information content (AvgIpc) is 2.90. The van der Waals surface area contributed by atoms with Gasteiger partial charge in [0.05, 0.1) is 0 Å². The first-order chi connectivity index (χ1) is 8.43. The molecule has 0 saturated carbocycles. The molecule has 0 amide bonds. The fourth-order valence-corrected chi connectivity index (χ4v) is 1.88. The van der Waals surface area contributed by atoms with E-state index < -0.39 is 0 Å². The summed E-state index contributed by atoms with van der Waals surface area (Å²) < 4.78 is 0. The van der Waals surface area contributed by atoms with Crippen molar-refractivity contribution in [3.63, 3.8) is 0 Å². The van der Waals surface area contributed by atoms with Crippen molar-refractivity contribution in [1.29, 1.82) is 0 Å². The first-order valence-electron chi connectivity index (χ1n) is 5.63. The van der Waals surface area contributed by atoms with E-state index >= 15 is 0 Å². The van der Waals surface area contributed by atoms with Gasteiger partial charge in [-0.15, -0.1) is 0 Å². The van der Waals surface area contributed by atoms with Crippen molar-refractivity contribution in [3.05, 3.63) is 71.8 Å². The Bertz CT molecular complexity index is 520. The van der Waals surface area contributed by atoms with E-state index in [4.69, 9.17) is 0 Å². The van der Waals surface area contributed by atoms with Crippen LogP contribution in [0.4, 0.5) is 0 Å². The number of nitrogens with one attached hydrogen (secondary N) is 2. The Labute approximate surface area is 100 Å². The second-order valence-electron chi connectivity index (χ2n) is 3.94. The summed E-state index contributed by atoms with van der Waals surface area (Å²) in [4.78, 5) is 0. The van der Waals surface area contributed by atoms with Crippen LogP contribution in [0.2, 0.25) is 0 Å². The van der Waals surface area contributed by atoms with E-state index in [9.17, 15) is 0 Å². The van der Waals surface area contributed by atoms with Gasteiger partial charge in [-0.2, -0.15) is 5.10 Å². The molecular weight excluding hydrogens is 210 g/mol. The molecule has 0 saturated heterocycles. The molecule has 0 fully saturated rings. The summed E-state index contributed by atoms with van der Waals surface area (Å²) in [5.41, 5.74) is 5.38. The molecule has 2 aromatic carbocycles. The van der Waals surface area contributed by atoms with Crippen molar-refractivity contribution in [2.24, 2.45) is 5.10 Å². The van der Waals surface area contributed by atoms with E-state index in [1.165, 1.54) is 5.56 Å². The molecule has 84 valence electrons. The Morgan fingerprint density at radius 1 is 0.824 bits per heavy atom. The van der Waals surface area contributed by atoms with Crippen LogP contribution in [0, 0.1) is 0 Å². The van der Waals surface area contributed by atoms with Crippen LogP contribution in [0.25, 0.3) is 0 Å². The van der Waals surface area contributed by atoms with Gasteiger partial charge in [0, 0.05) is 5.56 Å². The third kappa shape index (κ3) is 1.99. The third-order valence-corrected chi connectivity index (χ3v) is 2.77. The minimum atomic E-state index is 0.0615. The Morgan fingerprint density at radius 3 is 2.18 bits per heavy atom. The Morgan fingerprint density at radius 2 is 1.47 bits per heavy atom. The average molecular weight is 223 g/mol. The highest BCUT2D eigenvalue weighted by atomic mass is 15.4. The number of amidine groups is 1. The quantitative estimate of drug-likeness (QED) is 0.819. The van der Waals surface area contributed by atoms with Gasteiger partial charge < -0.3 is 5.32 Å². The molecule has 1 aliphatic rings. The van der Waals surface area contributed by atoms with Gasteiger partial charge in [-0.05, 0) is 5.56 Å². The second kappa shape index (κ2) is 4.29. The highest BCUT2D eigenvalue weighted by Gasteiger charge is 2.18. The molecular formula is C14H13N3. The zero-order chi connectivity index (χ0) is 11.5. The number of hydrogen-bond acceptors (Lipinski definition) is 3. The van der Waals surface area contributed by atoms with Gasteiger partial charge in [-0.25, -0.2) is 0 Å². The molecule has 1 aliphatic heterocycles. The van der Waals surface area contributed by atoms with Crippen molar-refractivity contribution in [3.8, 4) is 0 Å². The minimum absolute atomic E-state index is 0.0615. The highest BCUT2D eigenvalue weighted by molar-refractivity contribution is 5.99. The molecule has 0 spiro atoms. The van der Waals surface area contributed by atoms with Gasteiger partial charge in [0.1, 0.15) is 6.17 Å². The van der Waals surface area contributed by atoms with Crippen molar-refractivity contribution < 1.29 is 0 Å². The van der Waals surface area contributed by atoms with Crippen LogP contribution in [0.1, 0.15) is 17.3 Å². The standard InChI is InChI=1S/C14H13N3/c1-3-7-11(8-4-1)13-15-14(17-16-13)12-9-5-2-6-10-12/h1-10,13,16H,(H,15,17). The monoisotopic (exact) mass is 223 g/mol. The van der Waals surface area contributed by atoms with Crippen molar-refractivity contribution in [2.45, 2.75) is 6.17 Å². The summed E-state index contributed by atoms with van der Waals surface area (Å²) in [6.45, 7) is 0. The predicted molar refractivity (Wildman–Crippen MR) is 68.4 cm³/mol. The van der Waals surface area contributed by atoms with Gasteiger partial charge in [-0.1, -0.05) is 60.7 Å². The number of hydrazone groups is 1. The number of hydrogen-bond donors (Lipinski definition) is 2. The Hall–Kier alpha value is -2.29. The molecule has 0 aliphatic carbocycles. The molecule has 3 rings (SSSR count). The van der Waals surface area contributed by atoms with Crippen LogP contribution in [0.5, 0.6) is 0 Å². The number of rotatable bonds is 2. The van der Waals surface area contributed by atoms with Crippen molar-refractivity contribution >= 4 is 5.84 Å². The maximum atomic E-state index is 4.32. The van der Waals surface area contributed by atoms with E-state index in [0.717, 1.165) is 11.4 Å². The van der Waals surface area contributed by atoms with Crippen molar-refractivity contribution in [2.75, 3.05) is 0 Å². The summed E-state index contributed by atoms with van der Waals surface area (Å²) in [5.74, 6) is 0.888. The zero-order valence-electron chi connectivity index (χ0n) is 9.30. The predicted octanol–water partition coefficient (Wildman–Crippen LogP) is 2.24. The fraction of sp³-hybridized carbons (Fsp3) is 0.0714. The van der Waals surface area contributed by atoms with Crippen LogP contribution in [-0.2, 0) is 0 Å². The molecule has 17 heavy (non-hydrogen) atoms. The summed E-state index contributed by atoms with van der Waals surface area (Å²) in [6.07, 6.45) is 0.0615. The summed E-state index contributed by atoms with van der Waals surface area (Å²) in [6, 6.07) is 20.3. The lowest BCUT2D eigenvalue weighted by Crippen LogP contribution is -2.27. The Kier molecular flexibility index (Phi) is 2.50. The van der Waals surface area contributed by atoms with Crippen molar-refractivity contribution in [1.82, 2.24) is 10.7 Å². The molecule has 1 heterocycles. The van der Waals surface area contributed by atoms with Gasteiger partial charge in [-0.3, -0.25) is 5.43 Å². The molecule has 0 bridgehead atoms. The molecule has 0 radical (unpaired) electrons. The zero-order valence-corrected chi connectivity index (χ0v) is 9.30. The minimum Gasteiger partial charge on any atom is -0.343 e. The molecule has 1 unspecified atom stereocenters. The fourth-order valence-electron chi connectivity index (χ4n) is 1.88. The highest BCUT2D eigenvalue weighted by Crippen LogP contribution is 2.14. The smallest absolute Gasteiger partial charge is 0.155 e. The van der Waals surface area contributed by atoms with Gasteiger partial charge in [0.25, 0.3) is 0 Å². The maximum Gasteiger partial charge on any atom is 0.155 e. The third-order valence-electron chi connectivity index (χ3n) is 2.77. The van der Waals surface area contributed by atoms with E-state index in [1.807, 2.05) is 48.5 Å². The van der Waals surface area contributed by atoms with Gasteiger partial charge in [0.2, 0.25) is 0 Å². The molecule has 0 aromatic heterocycles. The molecule has 3 nitrogen and oxygen atoms in total. The van der Waals surface area contributed by atoms with E-state index in [-0.39, 0.29) is 6.17 Å². The maximum absolute atomic E-state index is 4.32. The molecule has 2 N–H and O–H groups in total. The Balaban J connectivity index is 1.78. The van der Waals surface area contributed by atoms with E-state index in [0.29, 0.717) is 0 Å². The van der Waals surface area contributed by atoms with Crippen LogP contribution in [-0.4, -0.2) is 5.84 Å². The largest absolute Gasteiger partial charge is 0.343 e. The molecule has 2 aromatic rings. The van der Waals surface area contributed by atoms with E-state index in [2.05, 4.69) is 28.0 Å². The lowest BCUT2D eigenvalue weighted by molar-refractivity contribution is 0.574. The van der Waals surface area contributed by atoms with Crippen LogP contribution in [0.15, 0.2) is 65.8 Å². The molecule has 3 heteroatoms. The van der Waals surface area contributed by atoms with Gasteiger partial charge in [0.15, 0.2) is 5.84 Å². The topological polar surface area (TPSA) is 36.4 Å². The number of nitrogens with zero attached hydrogens (tertiary/aromatic N) is 1. The summed E-state index contributed by atoms with van der Waals surface area (Å²) in [7, 11) is 0.